The van der Waals surface area contributed by atoms with E-state index < -0.39 is 0 Å². The van der Waals surface area contributed by atoms with Gasteiger partial charge in [-0.15, -0.1) is 11.3 Å². The van der Waals surface area contributed by atoms with Crippen LogP contribution in [0.15, 0.2) is 47.8 Å². The maximum Gasteiger partial charge on any atom is 0.271 e. The number of carbonyl (C=O) groups is 2. The summed E-state index contributed by atoms with van der Waals surface area (Å²) in [5.41, 5.74) is 0.677. The minimum atomic E-state index is -0.290. The Morgan fingerprint density at radius 2 is 1.71 bits per heavy atom. The SMILES string of the molecule is COc1ccccc1OCc1nc(C(=O)N[C@H]2CCCC[C@H]2NC(=O)c2ccc(Cl)cc2Cl)cs1. The van der Waals surface area contributed by atoms with Crippen LogP contribution in [0, 0.1) is 0 Å². The van der Waals surface area contributed by atoms with Crippen molar-refractivity contribution in [1.29, 1.82) is 0 Å². The summed E-state index contributed by atoms with van der Waals surface area (Å²) < 4.78 is 11.1. The number of amides is 2. The van der Waals surface area contributed by atoms with Gasteiger partial charge in [-0.25, -0.2) is 4.98 Å². The fourth-order valence-electron chi connectivity index (χ4n) is 4.00. The summed E-state index contributed by atoms with van der Waals surface area (Å²) in [4.78, 5) is 30.1. The molecular formula is C25H25Cl2N3O4S. The summed E-state index contributed by atoms with van der Waals surface area (Å²) in [6, 6.07) is 11.7. The van der Waals surface area contributed by atoms with E-state index in [-0.39, 0.29) is 35.5 Å². The molecule has 0 saturated heterocycles. The predicted octanol–water partition coefficient (Wildman–Crippen LogP) is 5.51. The lowest BCUT2D eigenvalue weighted by atomic mass is 9.90. The van der Waals surface area contributed by atoms with E-state index in [0.717, 1.165) is 25.7 Å². The Bertz CT molecular complexity index is 1200. The molecule has 3 aromatic rings. The molecular weight excluding hydrogens is 509 g/mol. The first-order valence-electron chi connectivity index (χ1n) is 11.2. The van der Waals surface area contributed by atoms with Crippen molar-refractivity contribution < 1.29 is 19.1 Å². The highest BCUT2D eigenvalue weighted by Gasteiger charge is 2.29. The third kappa shape index (κ3) is 6.45. The van der Waals surface area contributed by atoms with Gasteiger partial charge in [-0.05, 0) is 43.2 Å². The van der Waals surface area contributed by atoms with Gasteiger partial charge in [0.25, 0.3) is 11.8 Å². The predicted molar refractivity (Wildman–Crippen MR) is 137 cm³/mol. The summed E-state index contributed by atoms with van der Waals surface area (Å²) in [5.74, 6) is 0.674. The van der Waals surface area contributed by atoms with Crippen molar-refractivity contribution in [3.05, 3.63) is 74.2 Å². The van der Waals surface area contributed by atoms with E-state index in [0.29, 0.717) is 32.8 Å². The van der Waals surface area contributed by atoms with Crippen LogP contribution in [0.2, 0.25) is 10.0 Å². The Balaban J connectivity index is 1.36. The third-order valence-corrected chi connectivity index (χ3v) is 7.15. The highest BCUT2D eigenvalue weighted by Crippen LogP contribution is 2.27. The van der Waals surface area contributed by atoms with Crippen molar-refractivity contribution in [1.82, 2.24) is 15.6 Å². The maximum atomic E-state index is 12.9. The van der Waals surface area contributed by atoms with Gasteiger partial charge in [-0.1, -0.05) is 48.2 Å². The molecule has 1 aromatic heterocycles. The van der Waals surface area contributed by atoms with Crippen LogP contribution in [0.3, 0.4) is 0 Å². The molecule has 2 N–H and O–H groups in total. The molecule has 1 heterocycles. The molecule has 184 valence electrons. The van der Waals surface area contributed by atoms with Gasteiger partial charge in [0.05, 0.1) is 17.7 Å². The summed E-state index contributed by atoms with van der Waals surface area (Å²) >= 11 is 13.5. The van der Waals surface area contributed by atoms with Crippen LogP contribution in [-0.2, 0) is 6.61 Å². The second-order valence-electron chi connectivity index (χ2n) is 8.13. The minimum Gasteiger partial charge on any atom is -0.493 e. The van der Waals surface area contributed by atoms with Crippen molar-refractivity contribution in [2.45, 2.75) is 44.4 Å². The van der Waals surface area contributed by atoms with Crippen molar-refractivity contribution >= 4 is 46.4 Å². The van der Waals surface area contributed by atoms with Gasteiger partial charge in [0.2, 0.25) is 0 Å². The largest absolute Gasteiger partial charge is 0.493 e. The molecule has 4 rings (SSSR count). The van der Waals surface area contributed by atoms with Crippen LogP contribution < -0.4 is 20.1 Å². The van der Waals surface area contributed by atoms with Gasteiger partial charge < -0.3 is 20.1 Å². The molecule has 0 bridgehead atoms. The molecule has 7 nitrogen and oxygen atoms in total. The molecule has 1 aliphatic rings. The molecule has 35 heavy (non-hydrogen) atoms. The first kappa shape index (κ1) is 25.3. The molecule has 10 heteroatoms. The fourth-order valence-corrected chi connectivity index (χ4v) is 5.18. The number of ether oxygens (including phenoxy) is 2. The highest BCUT2D eigenvalue weighted by molar-refractivity contribution is 7.09. The molecule has 0 spiro atoms. The Morgan fingerprint density at radius 1 is 1.03 bits per heavy atom. The van der Waals surface area contributed by atoms with Crippen LogP contribution in [0.4, 0.5) is 0 Å². The fraction of sp³-hybridized carbons (Fsp3) is 0.320. The molecule has 1 fully saturated rings. The Morgan fingerprint density at radius 3 is 2.40 bits per heavy atom. The van der Waals surface area contributed by atoms with Crippen LogP contribution in [0.25, 0.3) is 0 Å². The van der Waals surface area contributed by atoms with Crippen molar-refractivity contribution in [2.75, 3.05) is 7.11 Å². The Kier molecular flexibility index (Phi) is 8.49. The maximum absolute atomic E-state index is 12.9. The Hall–Kier alpha value is -2.81. The van der Waals surface area contributed by atoms with Crippen LogP contribution in [0.5, 0.6) is 11.5 Å². The lowest BCUT2D eigenvalue weighted by Gasteiger charge is -2.32. The number of thiazole rings is 1. The molecule has 2 amide bonds. The van der Waals surface area contributed by atoms with Crippen LogP contribution in [-0.4, -0.2) is 36.0 Å². The quantitative estimate of drug-likeness (QED) is 0.398. The number of halogens is 2. The summed E-state index contributed by atoms with van der Waals surface area (Å²) in [7, 11) is 1.58. The minimum absolute atomic E-state index is 0.207. The van der Waals surface area contributed by atoms with Gasteiger partial charge in [-0.3, -0.25) is 9.59 Å². The van der Waals surface area contributed by atoms with Crippen molar-refractivity contribution in [2.24, 2.45) is 0 Å². The Labute approximate surface area is 217 Å². The molecule has 0 aliphatic heterocycles. The normalized spacial score (nSPS) is 17.5. The number of nitrogens with zero attached hydrogens (tertiary/aromatic N) is 1. The highest BCUT2D eigenvalue weighted by atomic mass is 35.5. The van der Waals surface area contributed by atoms with E-state index >= 15 is 0 Å². The lowest BCUT2D eigenvalue weighted by molar-refractivity contribution is 0.0860. The summed E-state index contributed by atoms with van der Waals surface area (Å²) in [5, 5.41) is 9.21. The number of hydrogen-bond donors (Lipinski definition) is 2. The average Bonchev–Trinajstić information content (AvgIpc) is 3.33. The first-order valence-corrected chi connectivity index (χ1v) is 12.8. The number of carbonyl (C=O) groups excluding carboxylic acids is 2. The number of nitrogens with one attached hydrogen (secondary N) is 2. The van der Waals surface area contributed by atoms with Gasteiger partial charge in [0.15, 0.2) is 11.5 Å². The van der Waals surface area contributed by atoms with E-state index in [1.807, 2.05) is 24.3 Å². The zero-order chi connectivity index (χ0) is 24.8. The van der Waals surface area contributed by atoms with E-state index in [4.69, 9.17) is 32.7 Å². The smallest absolute Gasteiger partial charge is 0.271 e. The lowest BCUT2D eigenvalue weighted by Crippen LogP contribution is -2.53. The number of methoxy groups -OCH3 is 1. The van der Waals surface area contributed by atoms with Crippen LogP contribution in [0.1, 0.15) is 51.5 Å². The molecule has 1 aliphatic carbocycles. The topological polar surface area (TPSA) is 89.6 Å². The molecule has 0 radical (unpaired) electrons. The van der Waals surface area contributed by atoms with Gasteiger partial charge >= 0.3 is 0 Å². The number of rotatable bonds is 8. The van der Waals surface area contributed by atoms with Gasteiger partial charge in [0, 0.05) is 22.5 Å². The van der Waals surface area contributed by atoms with E-state index in [9.17, 15) is 9.59 Å². The van der Waals surface area contributed by atoms with E-state index in [1.165, 1.54) is 17.4 Å². The monoisotopic (exact) mass is 533 g/mol. The molecule has 1 saturated carbocycles. The summed E-state index contributed by atoms with van der Waals surface area (Å²) in [6.07, 6.45) is 3.46. The second kappa shape index (κ2) is 11.7. The zero-order valence-electron chi connectivity index (χ0n) is 19.1. The van der Waals surface area contributed by atoms with Crippen molar-refractivity contribution in [3.8, 4) is 11.5 Å². The van der Waals surface area contributed by atoms with Crippen LogP contribution >= 0.6 is 34.5 Å². The number of benzene rings is 2. The molecule has 0 unspecified atom stereocenters. The van der Waals surface area contributed by atoms with Gasteiger partial charge in [-0.2, -0.15) is 0 Å². The zero-order valence-corrected chi connectivity index (χ0v) is 21.4. The van der Waals surface area contributed by atoms with E-state index in [1.54, 1.807) is 24.6 Å². The van der Waals surface area contributed by atoms with Crippen molar-refractivity contribution in [3.63, 3.8) is 0 Å². The molecule has 2 aromatic carbocycles. The molecule has 2 atom stereocenters. The number of hydrogen-bond acceptors (Lipinski definition) is 6. The van der Waals surface area contributed by atoms with Gasteiger partial charge in [0.1, 0.15) is 17.3 Å². The third-order valence-electron chi connectivity index (χ3n) is 5.78. The standard InChI is InChI=1S/C25H25Cl2N3O4S/c1-33-21-8-4-5-9-22(21)34-13-23-28-20(14-35-23)25(32)30-19-7-3-2-6-18(19)29-24(31)16-11-10-15(26)12-17(16)27/h4-5,8-12,14,18-19H,2-3,6-7,13H2,1H3,(H,29,31)(H,30,32)/t18-,19+/m1/s1. The number of aromatic nitrogens is 1. The van der Waals surface area contributed by atoms with E-state index in [2.05, 4.69) is 15.6 Å². The summed E-state index contributed by atoms with van der Waals surface area (Å²) in [6.45, 7) is 0.224. The first-order chi connectivity index (χ1) is 16.9. The second-order valence-corrected chi connectivity index (χ2v) is 9.92. The number of para-hydroxylation sites is 2. The average molecular weight is 534 g/mol.